The normalized spacial score (nSPS) is 25.9. The number of carboxylic acids is 1. The number of aromatic carboxylic acids is 1. The van der Waals surface area contributed by atoms with Crippen LogP contribution in [0.5, 0.6) is 0 Å². The van der Waals surface area contributed by atoms with E-state index in [9.17, 15) is 14.7 Å². The highest BCUT2D eigenvalue weighted by Crippen LogP contribution is 2.65. The van der Waals surface area contributed by atoms with Crippen LogP contribution in [0.15, 0.2) is 36.4 Å². The molecule has 1 spiro atoms. The van der Waals surface area contributed by atoms with Crippen LogP contribution >= 0.6 is 0 Å². The Morgan fingerprint density at radius 2 is 1.86 bits per heavy atom. The number of fused-ring (bicyclic) bond motifs is 1. The number of hydrogen-bond donors (Lipinski definition) is 1. The fourth-order valence-corrected chi connectivity index (χ4v) is 5.14. The molecule has 3 aliphatic rings. The molecule has 0 bridgehead atoms. The summed E-state index contributed by atoms with van der Waals surface area (Å²) in [6.45, 7) is 2.36. The molecule has 2 heterocycles. The minimum Gasteiger partial charge on any atom is -0.478 e. The Labute approximate surface area is 164 Å². The van der Waals surface area contributed by atoms with Crippen LogP contribution in [0.1, 0.15) is 53.9 Å². The molecule has 146 valence electrons. The third-order valence-electron chi connectivity index (χ3n) is 6.98. The van der Waals surface area contributed by atoms with Gasteiger partial charge >= 0.3 is 5.97 Å². The van der Waals surface area contributed by atoms with E-state index in [0.29, 0.717) is 23.5 Å². The van der Waals surface area contributed by atoms with Crippen LogP contribution in [0.4, 0.5) is 0 Å². The van der Waals surface area contributed by atoms with Gasteiger partial charge in [-0.3, -0.25) is 4.79 Å². The molecule has 2 saturated heterocycles. The van der Waals surface area contributed by atoms with Gasteiger partial charge in [0.05, 0.1) is 5.56 Å². The molecular weight excluding hydrogens is 354 g/mol. The number of piperidine rings is 1. The van der Waals surface area contributed by atoms with E-state index in [-0.39, 0.29) is 12.0 Å². The number of nitrogens with zero attached hydrogens (tertiary/aromatic N) is 1. The van der Waals surface area contributed by atoms with Crippen molar-refractivity contribution in [2.45, 2.75) is 44.1 Å². The van der Waals surface area contributed by atoms with Crippen LogP contribution in [0.2, 0.25) is 0 Å². The number of ether oxygens (including phenoxy) is 1. The highest BCUT2D eigenvalue weighted by molar-refractivity contribution is 5.94. The fourth-order valence-electron chi connectivity index (χ4n) is 5.14. The van der Waals surface area contributed by atoms with Crippen LogP contribution in [-0.4, -0.2) is 47.7 Å². The molecule has 1 N–H and O–H groups in total. The van der Waals surface area contributed by atoms with E-state index in [2.05, 4.69) is 18.2 Å². The molecule has 2 aromatic rings. The van der Waals surface area contributed by atoms with Crippen molar-refractivity contribution in [2.24, 2.45) is 5.41 Å². The molecule has 2 atom stereocenters. The van der Waals surface area contributed by atoms with Gasteiger partial charge in [0.25, 0.3) is 5.91 Å². The Morgan fingerprint density at radius 3 is 2.57 bits per heavy atom. The summed E-state index contributed by atoms with van der Waals surface area (Å²) in [6.07, 6.45) is 4.89. The van der Waals surface area contributed by atoms with Gasteiger partial charge in [-0.2, -0.15) is 0 Å². The highest BCUT2D eigenvalue weighted by Gasteiger charge is 2.55. The second kappa shape index (κ2) is 6.59. The van der Waals surface area contributed by atoms with Crippen LogP contribution in [0.25, 0.3) is 10.8 Å². The van der Waals surface area contributed by atoms with Crippen molar-refractivity contribution in [1.29, 1.82) is 0 Å². The SMILES string of the molecule is O=C(O)c1ccc2ccc([C@H]3CC34CCN(C(=O)[C@H]3CCCO3)CC4)cc2c1. The standard InChI is InChI=1S/C23H25NO4/c25-21(20-2-1-11-28-20)24-9-7-23(8-10-24)14-19(23)16-5-3-15-4-6-17(22(26)27)13-18(15)12-16/h3-6,12-13,19-20H,1-2,7-11,14H2,(H,26,27)/t19-,20-/m1/s1. The third-order valence-corrected chi connectivity index (χ3v) is 6.98. The average Bonchev–Trinajstić information content (AvgIpc) is 3.14. The predicted octanol–water partition coefficient (Wildman–Crippen LogP) is 3.81. The molecule has 0 radical (unpaired) electrons. The molecule has 1 saturated carbocycles. The molecule has 3 fully saturated rings. The van der Waals surface area contributed by atoms with E-state index in [1.165, 1.54) is 12.0 Å². The van der Waals surface area contributed by atoms with Crippen LogP contribution in [-0.2, 0) is 9.53 Å². The quantitative estimate of drug-likeness (QED) is 0.881. The van der Waals surface area contributed by atoms with E-state index in [4.69, 9.17) is 4.74 Å². The van der Waals surface area contributed by atoms with E-state index < -0.39 is 5.97 Å². The van der Waals surface area contributed by atoms with Crippen LogP contribution < -0.4 is 0 Å². The predicted molar refractivity (Wildman–Crippen MR) is 105 cm³/mol. The third kappa shape index (κ3) is 2.98. The number of benzene rings is 2. The van der Waals surface area contributed by atoms with Gasteiger partial charge in [-0.05, 0) is 71.9 Å². The lowest BCUT2D eigenvalue weighted by molar-refractivity contribution is -0.142. The summed E-state index contributed by atoms with van der Waals surface area (Å²) in [5.74, 6) is -0.194. The first-order chi connectivity index (χ1) is 13.6. The van der Waals surface area contributed by atoms with Crippen molar-refractivity contribution in [3.8, 4) is 0 Å². The van der Waals surface area contributed by atoms with Crippen molar-refractivity contribution in [2.75, 3.05) is 19.7 Å². The van der Waals surface area contributed by atoms with Crippen LogP contribution in [0.3, 0.4) is 0 Å². The Balaban J connectivity index is 1.29. The highest BCUT2D eigenvalue weighted by atomic mass is 16.5. The van der Waals surface area contributed by atoms with Crippen molar-refractivity contribution in [3.05, 3.63) is 47.5 Å². The molecule has 0 aromatic heterocycles. The first-order valence-electron chi connectivity index (χ1n) is 10.2. The number of likely N-dealkylation sites (tertiary alicyclic amines) is 1. The van der Waals surface area contributed by atoms with Gasteiger partial charge in [0.2, 0.25) is 0 Å². The summed E-state index contributed by atoms with van der Waals surface area (Å²) < 4.78 is 5.56. The lowest BCUT2D eigenvalue weighted by Crippen LogP contribution is -2.44. The first kappa shape index (κ1) is 17.7. The van der Waals surface area contributed by atoms with E-state index in [1.54, 1.807) is 12.1 Å². The van der Waals surface area contributed by atoms with Gasteiger partial charge < -0.3 is 14.7 Å². The lowest BCUT2D eigenvalue weighted by Gasteiger charge is -2.34. The Hall–Kier alpha value is -2.40. The summed E-state index contributed by atoms with van der Waals surface area (Å²) in [7, 11) is 0. The molecule has 5 heteroatoms. The van der Waals surface area contributed by atoms with Crippen molar-refractivity contribution in [3.63, 3.8) is 0 Å². The van der Waals surface area contributed by atoms with E-state index in [0.717, 1.165) is 49.5 Å². The maximum Gasteiger partial charge on any atom is 0.335 e. The zero-order valence-electron chi connectivity index (χ0n) is 15.9. The van der Waals surface area contributed by atoms with Crippen molar-refractivity contribution < 1.29 is 19.4 Å². The van der Waals surface area contributed by atoms with Gasteiger partial charge in [-0.15, -0.1) is 0 Å². The summed E-state index contributed by atoms with van der Waals surface area (Å²) in [6, 6.07) is 11.7. The van der Waals surface area contributed by atoms with E-state index >= 15 is 0 Å². The molecule has 1 amide bonds. The number of carbonyl (C=O) groups is 2. The Kier molecular flexibility index (Phi) is 4.16. The second-order valence-electron chi connectivity index (χ2n) is 8.57. The molecule has 1 aliphatic carbocycles. The summed E-state index contributed by atoms with van der Waals surface area (Å²) in [5, 5.41) is 11.3. The number of amides is 1. The minimum atomic E-state index is -0.890. The summed E-state index contributed by atoms with van der Waals surface area (Å²) in [4.78, 5) is 25.8. The van der Waals surface area contributed by atoms with Gasteiger partial charge in [0.1, 0.15) is 6.10 Å². The summed E-state index contributed by atoms with van der Waals surface area (Å²) >= 11 is 0. The number of rotatable bonds is 3. The molecular formula is C23H25NO4. The summed E-state index contributed by atoms with van der Waals surface area (Å²) in [5.41, 5.74) is 1.94. The number of carbonyl (C=O) groups excluding carboxylic acids is 1. The maximum absolute atomic E-state index is 12.6. The Bertz CT molecular complexity index is 939. The molecule has 28 heavy (non-hydrogen) atoms. The molecule has 5 rings (SSSR count). The fraction of sp³-hybridized carbons (Fsp3) is 0.478. The van der Waals surface area contributed by atoms with Crippen LogP contribution in [0, 0.1) is 5.41 Å². The molecule has 0 unspecified atom stereocenters. The Morgan fingerprint density at radius 1 is 1.07 bits per heavy atom. The largest absolute Gasteiger partial charge is 0.478 e. The smallest absolute Gasteiger partial charge is 0.335 e. The minimum absolute atomic E-state index is 0.177. The lowest BCUT2D eigenvalue weighted by atomic mass is 9.88. The zero-order chi connectivity index (χ0) is 19.3. The topological polar surface area (TPSA) is 66.8 Å². The zero-order valence-corrected chi connectivity index (χ0v) is 15.9. The van der Waals surface area contributed by atoms with Crippen molar-refractivity contribution >= 4 is 22.6 Å². The molecule has 5 nitrogen and oxygen atoms in total. The average molecular weight is 379 g/mol. The van der Waals surface area contributed by atoms with Gasteiger partial charge in [0, 0.05) is 19.7 Å². The van der Waals surface area contributed by atoms with Gasteiger partial charge in [0.15, 0.2) is 0 Å². The van der Waals surface area contributed by atoms with Gasteiger partial charge in [-0.25, -0.2) is 4.79 Å². The molecule has 2 aromatic carbocycles. The van der Waals surface area contributed by atoms with E-state index in [1.807, 2.05) is 11.0 Å². The second-order valence-corrected chi connectivity index (χ2v) is 8.57. The number of carboxylic acid groups (broad SMARTS) is 1. The maximum atomic E-state index is 12.6. The van der Waals surface area contributed by atoms with Crippen molar-refractivity contribution in [1.82, 2.24) is 4.90 Å². The monoisotopic (exact) mass is 379 g/mol. The molecule has 2 aliphatic heterocycles. The number of hydrogen-bond acceptors (Lipinski definition) is 3. The van der Waals surface area contributed by atoms with Gasteiger partial charge in [-0.1, -0.05) is 24.3 Å². The first-order valence-corrected chi connectivity index (χ1v) is 10.2.